The molecule has 0 bridgehead atoms. The quantitative estimate of drug-likeness (QED) is 0.233. The largest absolute Gasteiger partial charge is 0.444 e. The number of benzene rings is 4. The highest BCUT2D eigenvalue weighted by Crippen LogP contribution is 2.35. The summed E-state index contributed by atoms with van der Waals surface area (Å²) in [5.74, 6) is -0.269. The fraction of sp³-hybridized carbons (Fsp3) is 0.235. The van der Waals surface area contributed by atoms with E-state index in [1.54, 1.807) is 20.8 Å². The maximum absolute atomic E-state index is 13.9. The summed E-state index contributed by atoms with van der Waals surface area (Å²) in [6.45, 7) is 5.40. The van der Waals surface area contributed by atoms with E-state index in [1.165, 1.54) is 10.6 Å². The molecule has 4 aromatic rings. The first-order valence-electron chi connectivity index (χ1n) is 13.5. The van der Waals surface area contributed by atoms with Gasteiger partial charge < -0.3 is 15.4 Å². The van der Waals surface area contributed by atoms with Crippen molar-refractivity contribution in [2.75, 3.05) is 6.16 Å². The van der Waals surface area contributed by atoms with Crippen LogP contribution in [0.2, 0.25) is 0 Å². The Morgan fingerprint density at radius 1 is 0.700 bits per heavy atom. The van der Waals surface area contributed by atoms with Gasteiger partial charge in [-0.1, -0.05) is 121 Å². The van der Waals surface area contributed by atoms with Crippen molar-refractivity contribution in [3.05, 3.63) is 132 Å². The van der Waals surface area contributed by atoms with Gasteiger partial charge in [-0.15, -0.1) is 0 Å². The molecule has 0 saturated heterocycles. The van der Waals surface area contributed by atoms with Crippen LogP contribution in [0, 0.1) is 0 Å². The average Bonchev–Trinajstić information content (AvgIpc) is 2.95. The minimum atomic E-state index is -0.894. The lowest BCUT2D eigenvalue weighted by Crippen LogP contribution is -2.47. The molecule has 0 heterocycles. The summed E-state index contributed by atoms with van der Waals surface area (Å²) in [5, 5.41) is 8.62. The molecule has 0 spiro atoms. The van der Waals surface area contributed by atoms with Crippen molar-refractivity contribution in [2.45, 2.75) is 44.9 Å². The standard InChI is InChI=1S/C34H37N2O3P/c1-34(2,3)39-33(38)36-31(27-18-10-5-11-19-27)32(37)35-28(24-26-16-8-4-9-17-26)25-40(29-20-12-6-13-21-29)30-22-14-7-15-23-30/h4-23,28,31H,24-25H2,1-3H3,(H,35,37)(H,36,38)/t28-,31+/m0/s1. The zero-order valence-electron chi connectivity index (χ0n) is 23.3. The summed E-state index contributed by atoms with van der Waals surface area (Å²) < 4.78 is 5.49. The van der Waals surface area contributed by atoms with Gasteiger partial charge in [-0.25, -0.2) is 4.79 Å². The maximum atomic E-state index is 13.9. The highest BCUT2D eigenvalue weighted by Gasteiger charge is 2.29. The van der Waals surface area contributed by atoms with E-state index in [2.05, 4.69) is 71.3 Å². The van der Waals surface area contributed by atoms with Crippen LogP contribution in [0.5, 0.6) is 0 Å². The number of rotatable bonds is 10. The van der Waals surface area contributed by atoms with Gasteiger partial charge in [0.05, 0.1) is 0 Å². The molecule has 0 aliphatic rings. The molecule has 0 unspecified atom stereocenters. The van der Waals surface area contributed by atoms with Gasteiger partial charge in [-0.05, 0) is 63.0 Å². The normalized spacial score (nSPS) is 12.8. The Morgan fingerprint density at radius 3 is 1.68 bits per heavy atom. The van der Waals surface area contributed by atoms with Crippen molar-refractivity contribution in [1.29, 1.82) is 0 Å². The molecule has 2 atom stereocenters. The summed E-state index contributed by atoms with van der Waals surface area (Å²) >= 11 is 0. The SMILES string of the molecule is CC(C)(C)OC(=O)N[C@@H](C(=O)N[C@@H](Cc1ccccc1)CP(c1ccccc1)c1ccccc1)c1ccccc1. The molecule has 0 fully saturated rings. The molecule has 0 aliphatic heterocycles. The zero-order valence-corrected chi connectivity index (χ0v) is 24.2. The van der Waals surface area contributed by atoms with Gasteiger partial charge in [0.25, 0.3) is 0 Å². The van der Waals surface area contributed by atoms with Crippen LogP contribution in [0.1, 0.15) is 37.9 Å². The fourth-order valence-corrected chi connectivity index (χ4v) is 6.96. The molecule has 4 rings (SSSR count). The minimum Gasteiger partial charge on any atom is -0.444 e. The average molecular weight is 553 g/mol. The first kappa shape index (κ1) is 29.0. The molecule has 2 N–H and O–H groups in total. The second-order valence-electron chi connectivity index (χ2n) is 10.7. The van der Waals surface area contributed by atoms with Crippen LogP contribution >= 0.6 is 7.92 Å². The summed E-state index contributed by atoms with van der Waals surface area (Å²) in [6, 6.07) is 39.4. The Hall–Kier alpha value is -3.95. The lowest BCUT2D eigenvalue weighted by molar-refractivity contribution is -0.123. The van der Waals surface area contributed by atoms with Crippen molar-refractivity contribution in [2.24, 2.45) is 0 Å². The van der Waals surface area contributed by atoms with E-state index in [-0.39, 0.29) is 11.9 Å². The van der Waals surface area contributed by atoms with E-state index in [0.29, 0.717) is 12.0 Å². The third kappa shape index (κ3) is 8.79. The number of ether oxygens (including phenoxy) is 1. The van der Waals surface area contributed by atoms with Crippen molar-refractivity contribution < 1.29 is 14.3 Å². The summed E-state index contributed by atoms with van der Waals surface area (Å²) in [5.41, 5.74) is 1.15. The van der Waals surface area contributed by atoms with Gasteiger partial charge in [-0.3, -0.25) is 4.79 Å². The van der Waals surface area contributed by atoms with E-state index < -0.39 is 25.7 Å². The van der Waals surface area contributed by atoms with E-state index >= 15 is 0 Å². The van der Waals surface area contributed by atoms with E-state index in [4.69, 9.17) is 4.74 Å². The molecule has 4 aromatic carbocycles. The highest BCUT2D eigenvalue weighted by molar-refractivity contribution is 7.73. The summed E-state index contributed by atoms with van der Waals surface area (Å²) in [4.78, 5) is 26.7. The Labute approximate surface area is 238 Å². The molecule has 0 radical (unpaired) electrons. The van der Waals surface area contributed by atoms with Crippen molar-refractivity contribution >= 4 is 30.5 Å². The predicted octanol–water partition coefficient (Wildman–Crippen LogP) is 6.11. The van der Waals surface area contributed by atoms with Gasteiger partial charge in [0.1, 0.15) is 11.6 Å². The third-order valence-electron chi connectivity index (χ3n) is 6.27. The lowest BCUT2D eigenvalue weighted by Gasteiger charge is -2.28. The monoisotopic (exact) mass is 552 g/mol. The molecule has 0 aliphatic carbocycles. The zero-order chi connectivity index (χ0) is 28.4. The van der Waals surface area contributed by atoms with Crippen molar-refractivity contribution in [3.8, 4) is 0 Å². The van der Waals surface area contributed by atoms with Gasteiger partial charge in [0.2, 0.25) is 5.91 Å². The third-order valence-corrected chi connectivity index (χ3v) is 8.92. The van der Waals surface area contributed by atoms with Crippen LogP contribution in [0.4, 0.5) is 4.79 Å². The van der Waals surface area contributed by atoms with Gasteiger partial charge in [0.15, 0.2) is 0 Å². The first-order valence-corrected chi connectivity index (χ1v) is 15.1. The Bertz CT molecular complexity index is 1300. The number of amides is 2. The number of nitrogens with one attached hydrogen (secondary N) is 2. The maximum Gasteiger partial charge on any atom is 0.408 e. The summed E-state index contributed by atoms with van der Waals surface area (Å²) in [7, 11) is -0.753. The van der Waals surface area contributed by atoms with E-state index in [9.17, 15) is 9.59 Å². The molecule has 40 heavy (non-hydrogen) atoms. The fourth-order valence-electron chi connectivity index (χ4n) is 4.51. The van der Waals surface area contributed by atoms with Crippen LogP contribution in [0.3, 0.4) is 0 Å². The number of hydrogen-bond donors (Lipinski definition) is 2. The van der Waals surface area contributed by atoms with Crippen molar-refractivity contribution in [1.82, 2.24) is 10.6 Å². The van der Waals surface area contributed by atoms with Crippen LogP contribution in [0.25, 0.3) is 0 Å². The minimum absolute atomic E-state index is 0.173. The molecular formula is C34H37N2O3P. The number of carbonyl (C=O) groups excluding carboxylic acids is 2. The second kappa shape index (κ2) is 13.9. The van der Waals surface area contributed by atoms with Crippen LogP contribution < -0.4 is 21.2 Å². The smallest absolute Gasteiger partial charge is 0.408 e. The van der Waals surface area contributed by atoms with Gasteiger partial charge in [-0.2, -0.15) is 0 Å². The number of carbonyl (C=O) groups is 2. The van der Waals surface area contributed by atoms with Crippen LogP contribution in [-0.4, -0.2) is 29.8 Å². The molecule has 0 aromatic heterocycles. The molecule has 6 heteroatoms. The summed E-state index contributed by atoms with van der Waals surface area (Å²) in [6.07, 6.45) is 0.781. The molecule has 0 saturated carbocycles. The molecular weight excluding hydrogens is 515 g/mol. The Morgan fingerprint density at radius 2 is 1.18 bits per heavy atom. The van der Waals surface area contributed by atoms with Crippen molar-refractivity contribution in [3.63, 3.8) is 0 Å². The van der Waals surface area contributed by atoms with Gasteiger partial charge >= 0.3 is 6.09 Å². The first-order chi connectivity index (χ1) is 19.3. The molecule has 2 amide bonds. The van der Waals surface area contributed by atoms with Crippen LogP contribution in [-0.2, 0) is 16.0 Å². The molecule has 5 nitrogen and oxygen atoms in total. The number of hydrogen-bond acceptors (Lipinski definition) is 3. The second-order valence-corrected chi connectivity index (χ2v) is 12.9. The molecule has 206 valence electrons. The lowest BCUT2D eigenvalue weighted by atomic mass is 10.0. The van der Waals surface area contributed by atoms with Gasteiger partial charge in [0, 0.05) is 6.04 Å². The number of alkyl carbamates (subject to hydrolysis) is 1. The van der Waals surface area contributed by atoms with E-state index in [0.717, 1.165) is 11.7 Å². The Balaban J connectivity index is 1.64. The predicted molar refractivity (Wildman–Crippen MR) is 165 cm³/mol. The van der Waals surface area contributed by atoms with Crippen LogP contribution in [0.15, 0.2) is 121 Å². The Kier molecular flexibility index (Phi) is 10.1. The topological polar surface area (TPSA) is 67.4 Å². The highest BCUT2D eigenvalue weighted by atomic mass is 31.1. The van der Waals surface area contributed by atoms with E-state index in [1.807, 2.05) is 60.7 Å².